The number of aromatic nitrogens is 3. The molecule has 3 rings (SSSR count). The van der Waals surface area contributed by atoms with Gasteiger partial charge in [0.25, 0.3) is 0 Å². The molecular weight excluding hydrogens is 324 g/mol. The molecule has 6 nitrogen and oxygen atoms in total. The van der Waals surface area contributed by atoms with Gasteiger partial charge in [0.1, 0.15) is 0 Å². The quantitative estimate of drug-likeness (QED) is 0.753. The summed E-state index contributed by atoms with van der Waals surface area (Å²) in [4.78, 5) is 16.3. The molecule has 1 aromatic heterocycles. The summed E-state index contributed by atoms with van der Waals surface area (Å²) in [7, 11) is 0. The van der Waals surface area contributed by atoms with Crippen molar-refractivity contribution >= 4 is 17.7 Å². The second-order valence-corrected chi connectivity index (χ2v) is 6.69. The third-order valence-corrected chi connectivity index (χ3v) is 4.83. The Balaban J connectivity index is 1.47. The molecule has 1 saturated heterocycles. The van der Waals surface area contributed by atoms with Gasteiger partial charge in [-0.1, -0.05) is 43.0 Å². The van der Waals surface area contributed by atoms with Crippen molar-refractivity contribution < 1.29 is 9.53 Å². The molecule has 1 aliphatic heterocycles. The average Bonchev–Trinajstić information content (AvgIpc) is 3.30. The van der Waals surface area contributed by atoms with Crippen LogP contribution in [0, 0.1) is 0 Å². The first-order valence-corrected chi connectivity index (χ1v) is 9.26. The lowest BCUT2D eigenvalue weighted by Crippen LogP contribution is -2.32. The lowest BCUT2D eigenvalue weighted by Gasteiger charge is -2.09. The van der Waals surface area contributed by atoms with E-state index in [2.05, 4.69) is 39.6 Å². The van der Waals surface area contributed by atoms with Crippen LogP contribution < -0.4 is 5.32 Å². The lowest BCUT2D eigenvalue weighted by molar-refractivity contribution is -0.119. The molecule has 128 valence electrons. The van der Waals surface area contributed by atoms with E-state index < -0.39 is 0 Å². The summed E-state index contributed by atoms with van der Waals surface area (Å²) in [5.74, 6) is 1.01. The molecule has 2 heterocycles. The number of hydrogen-bond acceptors (Lipinski definition) is 5. The predicted molar refractivity (Wildman–Crippen MR) is 93.9 cm³/mol. The highest BCUT2D eigenvalue weighted by Crippen LogP contribution is 2.19. The van der Waals surface area contributed by atoms with Gasteiger partial charge in [-0.05, 0) is 24.8 Å². The van der Waals surface area contributed by atoms with Crippen LogP contribution in [0.25, 0.3) is 11.4 Å². The zero-order valence-corrected chi connectivity index (χ0v) is 14.6. The second kappa shape index (κ2) is 8.30. The van der Waals surface area contributed by atoms with Crippen molar-refractivity contribution in [2.45, 2.75) is 37.4 Å². The molecule has 1 unspecified atom stereocenters. The summed E-state index contributed by atoms with van der Waals surface area (Å²) < 4.78 is 5.48. The minimum atomic E-state index is -0.0193. The molecule has 1 amide bonds. The van der Waals surface area contributed by atoms with Crippen molar-refractivity contribution in [3.05, 3.63) is 29.8 Å². The van der Waals surface area contributed by atoms with Gasteiger partial charge in [-0.3, -0.25) is 9.89 Å². The Kier molecular flexibility index (Phi) is 5.87. The van der Waals surface area contributed by atoms with E-state index in [1.54, 1.807) is 0 Å². The predicted octanol–water partition coefficient (Wildman–Crippen LogP) is 2.42. The topological polar surface area (TPSA) is 79.9 Å². The molecule has 2 aromatic rings. The van der Waals surface area contributed by atoms with E-state index in [-0.39, 0.29) is 12.0 Å². The van der Waals surface area contributed by atoms with Crippen LogP contribution in [0.3, 0.4) is 0 Å². The maximum absolute atomic E-state index is 11.9. The highest BCUT2D eigenvalue weighted by Gasteiger charge is 2.16. The van der Waals surface area contributed by atoms with Crippen molar-refractivity contribution in [1.29, 1.82) is 0 Å². The standard InChI is InChI=1S/C17H22N4O2S/c1-2-12-5-7-13(8-6-12)16-19-17(21-20-16)24-11-15(22)18-10-14-4-3-9-23-14/h5-8,14H,2-4,9-11H2,1H3,(H,18,22)(H,19,20,21). The fourth-order valence-corrected chi connectivity index (χ4v) is 3.18. The first kappa shape index (κ1) is 17.0. The molecule has 1 atom stereocenters. The minimum absolute atomic E-state index is 0.0193. The Labute approximate surface area is 145 Å². The van der Waals surface area contributed by atoms with Gasteiger partial charge in [0.2, 0.25) is 11.1 Å². The van der Waals surface area contributed by atoms with Crippen LogP contribution in [0.5, 0.6) is 0 Å². The molecule has 1 fully saturated rings. The number of benzene rings is 1. The number of amides is 1. The number of nitrogens with zero attached hydrogens (tertiary/aromatic N) is 2. The molecule has 24 heavy (non-hydrogen) atoms. The third kappa shape index (κ3) is 4.58. The number of thioether (sulfide) groups is 1. The molecule has 2 N–H and O–H groups in total. The van der Waals surface area contributed by atoms with E-state index in [1.165, 1.54) is 17.3 Å². The summed E-state index contributed by atoms with van der Waals surface area (Å²) in [6.45, 7) is 3.51. The van der Waals surface area contributed by atoms with Gasteiger partial charge in [-0.2, -0.15) is 0 Å². The molecule has 0 spiro atoms. The van der Waals surface area contributed by atoms with Crippen molar-refractivity contribution in [2.24, 2.45) is 0 Å². The Hall–Kier alpha value is -1.86. The summed E-state index contributed by atoms with van der Waals surface area (Å²) in [6.07, 6.45) is 3.28. The first-order valence-electron chi connectivity index (χ1n) is 8.27. The maximum atomic E-state index is 11.9. The largest absolute Gasteiger partial charge is 0.376 e. The summed E-state index contributed by atoms with van der Waals surface area (Å²) in [6, 6.07) is 8.23. The van der Waals surface area contributed by atoms with Crippen LogP contribution in [-0.4, -0.2) is 46.1 Å². The van der Waals surface area contributed by atoms with E-state index in [0.29, 0.717) is 17.5 Å². The minimum Gasteiger partial charge on any atom is -0.376 e. The van der Waals surface area contributed by atoms with Crippen LogP contribution in [0.2, 0.25) is 0 Å². The van der Waals surface area contributed by atoms with Crippen molar-refractivity contribution in [2.75, 3.05) is 18.9 Å². The summed E-state index contributed by atoms with van der Waals surface area (Å²) in [5.41, 5.74) is 2.28. The SMILES string of the molecule is CCc1ccc(-c2nc(SCC(=O)NCC3CCCO3)n[nH]2)cc1. The van der Waals surface area contributed by atoms with E-state index in [1.807, 2.05) is 12.1 Å². The monoisotopic (exact) mass is 346 g/mol. The number of carbonyl (C=O) groups is 1. The van der Waals surface area contributed by atoms with Gasteiger partial charge in [0, 0.05) is 18.7 Å². The number of H-pyrrole nitrogens is 1. The zero-order chi connectivity index (χ0) is 16.8. The molecule has 0 saturated carbocycles. The number of carbonyl (C=O) groups excluding carboxylic acids is 1. The van der Waals surface area contributed by atoms with Crippen LogP contribution in [0.4, 0.5) is 0 Å². The average molecular weight is 346 g/mol. The van der Waals surface area contributed by atoms with Gasteiger partial charge in [0.05, 0.1) is 11.9 Å². The van der Waals surface area contributed by atoms with Crippen molar-refractivity contribution in [3.8, 4) is 11.4 Å². The molecule has 7 heteroatoms. The highest BCUT2D eigenvalue weighted by atomic mass is 32.2. The number of rotatable bonds is 7. The molecule has 0 bridgehead atoms. The van der Waals surface area contributed by atoms with Crippen LogP contribution in [0.1, 0.15) is 25.3 Å². The van der Waals surface area contributed by atoms with E-state index in [4.69, 9.17) is 4.74 Å². The number of nitrogens with one attached hydrogen (secondary N) is 2. The van der Waals surface area contributed by atoms with E-state index in [0.717, 1.165) is 37.3 Å². The maximum Gasteiger partial charge on any atom is 0.230 e. The molecule has 1 aliphatic rings. The van der Waals surface area contributed by atoms with Crippen molar-refractivity contribution in [1.82, 2.24) is 20.5 Å². The Morgan fingerprint density at radius 2 is 2.25 bits per heavy atom. The highest BCUT2D eigenvalue weighted by molar-refractivity contribution is 7.99. The molecule has 1 aromatic carbocycles. The van der Waals surface area contributed by atoms with Crippen molar-refractivity contribution in [3.63, 3.8) is 0 Å². The molecular formula is C17H22N4O2S. The number of aromatic amines is 1. The molecule has 0 aliphatic carbocycles. The smallest absolute Gasteiger partial charge is 0.230 e. The number of hydrogen-bond donors (Lipinski definition) is 2. The zero-order valence-electron chi connectivity index (χ0n) is 13.7. The van der Waals surface area contributed by atoms with E-state index >= 15 is 0 Å². The Morgan fingerprint density at radius 3 is 2.96 bits per heavy atom. The summed E-state index contributed by atoms with van der Waals surface area (Å²) in [5, 5.41) is 10.6. The van der Waals surface area contributed by atoms with E-state index in [9.17, 15) is 4.79 Å². The normalized spacial score (nSPS) is 17.1. The molecule has 0 radical (unpaired) electrons. The number of ether oxygens (including phenoxy) is 1. The fraction of sp³-hybridized carbons (Fsp3) is 0.471. The van der Waals surface area contributed by atoms with Gasteiger partial charge >= 0.3 is 0 Å². The third-order valence-electron chi connectivity index (χ3n) is 3.98. The van der Waals surface area contributed by atoms with Gasteiger partial charge < -0.3 is 10.1 Å². The van der Waals surface area contributed by atoms with Crippen LogP contribution in [-0.2, 0) is 16.0 Å². The lowest BCUT2D eigenvalue weighted by atomic mass is 10.1. The second-order valence-electron chi connectivity index (χ2n) is 5.74. The van der Waals surface area contributed by atoms with Gasteiger partial charge in [0.15, 0.2) is 5.82 Å². The van der Waals surface area contributed by atoms with Gasteiger partial charge in [-0.25, -0.2) is 4.98 Å². The van der Waals surface area contributed by atoms with Crippen LogP contribution >= 0.6 is 11.8 Å². The number of aryl methyl sites for hydroxylation is 1. The summed E-state index contributed by atoms with van der Waals surface area (Å²) >= 11 is 1.33. The first-order chi connectivity index (χ1) is 11.7. The van der Waals surface area contributed by atoms with Gasteiger partial charge in [-0.15, -0.1) is 5.10 Å². The fourth-order valence-electron chi connectivity index (χ4n) is 2.55. The van der Waals surface area contributed by atoms with Crippen LogP contribution in [0.15, 0.2) is 29.4 Å². The Bertz CT molecular complexity index is 665. The Morgan fingerprint density at radius 1 is 1.42 bits per heavy atom.